The minimum Gasteiger partial charge on any atom is -0.432 e. The highest BCUT2D eigenvalue weighted by molar-refractivity contribution is 5.60. The van der Waals surface area contributed by atoms with Gasteiger partial charge in [0.05, 0.1) is 13.2 Å². The molecule has 0 aliphatic carbocycles. The highest BCUT2D eigenvalue weighted by Crippen LogP contribution is 1.88. The van der Waals surface area contributed by atoms with E-state index in [1.54, 1.807) is 0 Å². The number of carbonyl (C=O) groups is 2. The first-order valence-corrected chi connectivity index (χ1v) is 5.24. The van der Waals surface area contributed by atoms with Gasteiger partial charge in [0.2, 0.25) is 0 Å². The van der Waals surface area contributed by atoms with Crippen molar-refractivity contribution in [1.29, 1.82) is 0 Å². The van der Waals surface area contributed by atoms with Crippen molar-refractivity contribution in [3.8, 4) is 24.7 Å². The average Bonchev–Trinajstić information content (AvgIpc) is 2.41. The van der Waals surface area contributed by atoms with Crippen molar-refractivity contribution in [2.24, 2.45) is 0 Å². The normalized spacial score (nSPS) is 8.74. The Bertz CT molecular complexity index is 316. The molecule has 0 bridgehead atoms. The maximum absolute atomic E-state index is 10.8. The SMILES string of the molecule is C#CCOC(=O)OCCOCCOC(=O)OCC#C. The van der Waals surface area contributed by atoms with Crippen molar-refractivity contribution < 1.29 is 33.3 Å². The molecule has 0 aromatic heterocycles. The van der Waals surface area contributed by atoms with Gasteiger partial charge in [-0.15, -0.1) is 12.8 Å². The molecule has 0 rings (SSSR count). The molecule has 0 spiro atoms. The number of rotatable bonds is 8. The number of terminal acetylenes is 2. The van der Waals surface area contributed by atoms with Gasteiger partial charge in [-0.25, -0.2) is 9.59 Å². The molecule has 7 heteroatoms. The zero-order valence-electron chi connectivity index (χ0n) is 10.3. The summed E-state index contributed by atoms with van der Waals surface area (Å²) in [4.78, 5) is 21.6. The molecule has 0 saturated carbocycles. The van der Waals surface area contributed by atoms with Crippen LogP contribution in [-0.4, -0.2) is 52.0 Å². The monoisotopic (exact) mass is 270 g/mol. The molecule has 0 unspecified atom stereocenters. The quantitative estimate of drug-likeness (QED) is 0.362. The van der Waals surface area contributed by atoms with Gasteiger partial charge in [0.15, 0.2) is 13.2 Å². The van der Waals surface area contributed by atoms with Gasteiger partial charge in [0.1, 0.15) is 13.2 Å². The second-order valence-corrected chi connectivity index (χ2v) is 2.79. The van der Waals surface area contributed by atoms with Crippen molar-refractivity contribution >= 4 is 12.3 Å². The zero-order valence-corrected chi connectivity index (χ0v) is 10.3. The fourth-order valence-electron chi connectivity index (χ4n) is 0.754. The first kappa shape index (κ1) is 16.6. The topological polar surface area (TPSA) is 80.3 Å². The summed E-state index contributed by atoms with van der Waals surface area (Å²) < 4.78 is 23.0. The first-order chi connectivity index (χ1) is 9.20. The van der Waals surface area contributed by atoms with Gasteiger partial charge in [-0.2, -0.15) is 0 Å². The van der Waals surface area contributed by atoms with Crippen LogP contribution in [0.15, 0.2) is 0 Å². The fourth-order valence-corrected chi connectivity index (χ4v) is 0.754. The molecule has 0 radical (unpaired) electrons. The lowest BCUT2D eigenvalue weighted by Crippen LogP contribution is -2.15. The lowest BCUT2D eigenvalue weighted by molar-refractivity contribution is 0.0107. The Balaban J connectivity index is 3.28. The molecule has 0 N–H and O–H groups in total. The zero-order chi connectivity index (χ0) is 14.3. The Kier molecular flexibility index (Phi) is 10.6. The lowest BCUT2D eigenvalue weighted by atomic mass is 10.7. The maximum atomic E-state index is 10.8. The molecule has 0 heterocycles. The third-order valence-corrected chi connectivity index (χ3v) is 1.44. The summed E-state index contributed by atoms with van der Waals surface area (Å²) >= 11 is 0. The van der Waals surface area contributed by atoms with Crippen molar-refractivity contribution in [2.45, 2.75) is 0 Å². The van der Waals surface area contributed by atoms with Crippen molar-refractivity contribution in [3.63, 3.8) is 0 Å². The molecule has 0 aromatic carbocycles. The van der Waals surface area contributed by atoms with E-state index in [9.17, 15) is 9.59 Å². The molecule has 0 saturated heterocycles. The molecule has 0 aromatic rings. The van der Waals surface area contributed by atoms with E-state index in [0.717, 1.165) is 0 Å². The Morgan fingerprint density at radius 2 is 1.16 bits per heavy atom. The molecule has 104 valence electrons. The Labute approximate surface area is 111 Å². The van der Waals surface area contributed by atoms with E-state index in [1.807, 2.05) is 0 Å². The standard InChI is InChI=1S/C12H14O7/c1-3-5-16-11(13)18-9-7-15-8-10-19-12(14)17-6-4-2/h1-2H,5-10H2. The molecular formula is C12H14O7. The Hall–Kier alpha value is -2.38. The van der Waals surface area contributed by atoms with Gasteiger partial charge in [0.25, 0.3) is 0 Å². The Morgan fingerprint density at radius 1 is 0.737 bits per heavy atom. The number of carbonyl (C=O) groups excluding carboxylic acids is 2. The minimum atomic E-state index is -0.865. The van der Waals surface area contributed by atoms with E-state index >= 15 is 0 Å². The van der Waals surface area contributed by atoms with Gasteiger partial charge in [-0.1, -0.05) is 11.8 Å². The smallest absolute Gasteiger partial charge is 0.432 e. The third kappa shape index (κ3) is 11.9. The van der Waals surface area contributed by atoms with E-state index in [0.29, 0.717) is 0 Å². The lowest BCUT2D eigenvalue weighted by Gasteiger charge is -2.06. The summed E-state index contributed by atoms with van der Waals surface area (Å²) in [6, 6.07) is 0. The largest absolute Gasteiger partial charge is 0.509 e. The van der Waals surface area contributed by atoms with E-state index < -0.39 is 12.3 Å². The van der Waals surface area contributed by atoms with E-state index in [-0.39, 0.29) is 39.6 Å². The predicted octanol–water partition coefficient (Wildman–Crippen LogP) is 0.576. The van der Waals surface area contributed by atoms with Crippen LogP contribution in [0.5, 0.6) is 0 Å². The van der Waals surface area contributed by atoms with E-state index in [4.69, 9.17) is 17.6 Å². The van der Waals surface area contributed by atoms with Crippen LogP contribution >= 0.6 is 0 Å². The van der Waals surface area contributed by atoms with Gasteiger partial charge in [-0.05, 0) is 0 Å². The van der Waals surface area contributed by atoms with Gasteiger partial charge in [0, 0.05) is 0 Å². The number of hydrogen-bond donors (Lipinski definition) is 0. The van der Waals surface area contributed by atoms with E-state index in [1.165, 1.54) is 0 Å². The average molecular weight is 270 g/mol. The van der Waals surface area contributed by atoms with Crippen LogP contribution in [0.1, 0.15) is 0 Å². The summed E-state index contributed by atoms with van der Waals surface area (Å²) in [5.41, 5.74) is 0. The van der Waals surface area contributed by atoms with Crippen molar-refractivity contribution in [2.75, 3.05) is 39.6 Å². The Morgan fingerprint density at radius 3 is 1.53 bits per heavy atom. The number of hydrogen-bond acceptors (Lipinski definition) is 7. The summed E-state index contributed by atoms with van der Waals surface area (Å²) in [6.45, 7) is -0.0156. The predicted molar refractivity (Wildman–Crippen MR) is 63.1 cm³/mol. The van der Waals surface area contributed by atoms with Crippen molar-refractivity contribution in [3.05, 3.63) is 0 Å². The molecule has 7 nitrogen and oxygen atoms in total. The second kappa shape index (κ2) is 12.1. The highest BCUT2D eigenvalue weighted by atomic mass is 16.7. The molecule has 0 amide bonds. The molecule has 0 fully saturated rings. The van der Waals surface area contributed by atoms with Crippen LogP contribution in [-0.2, 0) is 23.7 Å². The molecule has 0 aliphatic heterocycles. The summed E-state index contributed by atoms with van der Waals surface area (Å²) in [6.07, 6.45) is 8.01. The number of ether oxygens (including phenoxy) is 5. The molecule has 19 heavy (non-hydrogen) atoms. The maximum Gasteiger partial charge on any atom is 0.509 e. The van der Waals surface area contributed by atoms with Crippen LogP contribution in [0.2, 0.25) is 0 Å². The van der Waals surface area contributed by atoms with Crippen LogP contribution in [0.25, 0.3) is 0 Å². The van der Waals surface area contributed by atoms with E-state index in [2.05, 4.69) is 30.8 Å². The van der Waals surface area contributed by atoms with Gasteiger partial charge in [-0.3, -0.25) is 0 Å². The van der Waals surface area contributed by atoms with Crippen molar-refractivity contribution in [1.82, 2.24) is 0 Å². The highest BCUT2D eigenvalue weighted by Gasteiger charge is 2.03. The molecule has 0 atom stereocenters. The van der Waals surface area contributed by atoms with Gasteiger partial charge >= 0.3 is 12.3 Å². The van der Waals surface area contributed by atoms with Gasteiger partial charge < -0.3 is 23.7 Å². The third-order valence-electron chi connectivity index (χ3n) is 1.44. The summed E-state index contributed by atoms with van der Waals surface area (Å²) in [5, 5.41) is 0. The fraction of sp³-hybridized carbons (Fsp3) is 0.500. The van der Waals surface area contributed by atoms with Crippen LogP contribution in [0, 0.1) is 24.7 Å². The summed E-state index contributed by atoms with van der Waals surface area (Å²) in [7, 11) is 0. The molecular weight excluding hydrogens is 256 g/mol. The minimum absolute atomic E-state index is 0.00491. The van der Waals surface area contributed by atoms with Crippen LogP contribution in [0.3, 0.4) is 0 Å². The second-order valence-electron chi connectivity index (χ2n) is 2.79. The van der Waals surface area contributed by atoms with Crippen LogP contribution in [0.4, 0.5) is 9.59 Å². The summed E-state index contributed by atoms with van der Waals surface area (Å²) in [5.74, 6) is 4.23. The first-order valence-electron chi connectivity index (χ1n) is 5.24. The van der Waals surface area contributed by atoms with Crippen LogP contribution < -0.4 is 0 Å². The molecule has 0 aliphatic rings.